The van der Waals surface area contributed by atoms with E-state index in [2.05, 4.69) is 4.72 Å². The first-order chi connectivity index (χ1) is 15.3. The molecule has 4 rings (SSSR count). The van der Waals surface area contributed by atoms with Crippen LogP contribution in [0.25, 0.3) is 22.3 Å². The number of halogens is 1. The lowest BCUT2D eigenvalue weighted by Gasteiger charge is -2.12. The Balaban J connectivity index is 1.64. The predicted molar refractivity (Wildman–Crippen MR) is 123 cm³/mol. The summed E-state index contributed by atoms with van der Waals surface area (Å²) >= 11 is 5.95. The summed E-state index contributed by atoms with van der Waals surface area (Å²) in [5.74, 6) is 1.09. The molecule has 0 fully saturated rings. The van der Waals surface area contributed by atoms with Crippen LogP contribution >= 0.6 is 11.6 Å². The molecule has 1 heterocycles. The summed E-state index contributed by atoms with van der Waals surface area (Å²) in [6.07, 6.45) is 0. The van der Waals surface area contributed by atoms with Crippen LogP contribution in [0, 0.1) is 0 Å². The fourth-order valence-electron chi connectivity index (χ4n) is 3.18. The predicted octanol–water partition coefficient (Wildman–Crippen LogP) is 4.93. The van der Waals surface area contributed by atoms with Crippen molar-refractivity contribution in [2.45, 2.75) is 4.90 Å². The number of methoxy groups -OCH3 is 2. The van der Waals surface area contributed by atoms with Crippen LogP contribution in [0.3, 0.4) is 0 Å². The third kappa shape index (κ3) is 4.28. The molecule has 7 nitrogen and oxygen atoms in total. The van der Waals surface area contributed by atoms with Gasteiger partial charge in [-0.25, -0.2) is 8.42 Å². The van der Waals surface area contributed by atoms with Gasteiger partial charge in [0.25, 0.3) is 10.0 Å². The molecule has 164 valence electrons. The van der Waals surface area contributed by atoms with Gasteiger partial charge in [0.05, 0.1) is 19.6 Å². The second-order valence-corrected chi connectivity index (χ2v) is 8.90. The monoisotopic (exact) mass is 471 g/mol. The summed E-state index contributed by atoms with van der Waals surface area (Å²) in [7, 11) is -1.04. The van der Waals surface area contributed by atoms with E-state index in [0.29, 0.717) is 33.7 Å². The topological polar surface area (TPSA) is 94.8 Å². The molecule has 0 spiro atoms. The molecular formula is C23H18ClNO6S. The fraction of sp³-hybridized carbons (Fsp3) is 0.0870. The van der Waals surface area contributed by atoms with E-state index in [-0.39, 0.29) is 21.1 Å². The molecule has 0 atom stereocenters. The molecule has 0 aliphatic carbocycles. The molecule has 0 radical (unpaired) electrons. The minimum Gasteiger partial charge on any atom is -0.497 e. The molecule has 0 unspecified atom stereocenters. The van der Waals surface area contributed by atoms with Crippen LogP contribution in [-0.4, -0.2) is 22.6 Å². The molecule has 1 aromatic heterocycles. The van der Waals surface area contributed by atoms with Crippen molar-refractivity contribution in [3.8, 4) is 22.8 Å². The summed E-state index contributed by atoms with van der Waals surface area (Å²) in [6.45, 7) is 0. The molecule has 0 bridgehead atoms. The van der Waals surface area contributed by atoms with Gasteiger partial charge in [-0.2, -0.15) is 0 Å². The summed E-state index contributed by atoms with van der Waals surface area (Å²) in [5, 5.41) is 0.679. The molecule has 1 N–H and O–H groups in total. The maximum atomic E-state index is 12.8. The Morgan fingerprint density at radius 2 is 1.66 bits per heavy atom. The maximum Gasteiger partial charge on any atom is 0.265 e. The van der Waals surface area contributed by atoms with Gasteiger partial charge >= 0.3 is 0 Å². The number of rotatable bonds is 6. The zero-order chi connectivity index (χ0) is 22.9. The van der Waals surface area contributed by atoms with Crippen molar-refractivity contribution in [1.29, 1.82) is 0 Å². The van der Waals surface area contributed by atoms with Crippen molar-refractivity contribution in [3.63, 3.8) is 0 Å². The number of benzene rings is 3. The average Bonchev–Trinajstić information content (AvgIpc) is 2.79. The highest BCUT2D eigenvalue weighted by Crippen LogP contribution is 2.30. The fourth-order valence-corrected chi connectivity index (χ4v) is 4.67. The van der Waals surface area contributed by atoms with Crippen molar-refractivity contribution in [2.75, 3.05) is 18.9 Å². The van der Waals surface area contributed by atoms with E-state index in [1.54, 1.807) is 48.5 Å². The quantitative estimate of drug-likeness (QED) is 0.428. The van der Waals surface area contributed by atoms with Crippen LogP contribution in [0.1, 0.15) is 0 Å². The van der Waals surface area contributed by atoms with Crippen molar-refractivity contribution >= 4 is 38.3 Å². The number of sulfonamides is 1. The molecule has 0 aliphatic rings. The Labute approximate surface area is 189 Å². The number of anilines is 1. The van der Waals surface area contributed by atoms with Gasteiger partial charge in [-0.05, 0) is 60.7 Å². The summed E-state index contributed by atoms with van der Waals surface area (Å²) in [6, 6.07) is 17.2. The molecule has 0 aliphatic heterocycles. The molecule has 4 aromatic rings. The lowest BCUT2D eigenvalue weighted by Crippen LogP contribution is -2.14. The standard InChI is InChI=1S/C23H18ClNO6S/c1-29-17-8-10-20-18(12-17)19(26)13-22(31-20)14-3-6-16(7-4-14)25-32(27,28)23-11-15(24)5-9-21(23)30-2/h3-13,25H,1-2H3. The van der Waals surface area contributed by atoms with Gasteiger partial charge in [0.1, 0.15) is 27.7 Å². The van der Waals surface area contributed by atoms with Gasteiger partial charge in [-0.1, -0.05) is 11.6 Å². The third-order valence-corrected chi connectivity index (χ3v) is 6.41. The van der Waals surface area contributed by atoms with Crippen LogP contribution in [0.5, 0.6) is 11.5 Å². The lowest BCUT2D eigenvalue weighted by molar-refractivity contribution is 0.403. The van der Waals surface area contributed by atoms with Gasteiger partial charge in [-0.15, -0.1) is 0 Å². The number of hydrogen-bond acceptors (Lipinski definition) is 6. The molecule has 0 saturated heterocycles. The van der Waals surface area contributed by atoms with Crippen LogP contribution in [0.4, 0.5) is 5.69 Å². The normalized spacial score (nSPS) is 11.3. The van der Waals surface area contributed by atoms with Crippen LogP contribution in [0.15, 0.2) is 80.8 Å². The Morgan fingerprint density at radius 3 is 2.34 bits per heavy atom. The van der Waals surface area contributed by atoms with E-state index in [4.69, 9.17) is 25.5 Å². The van der Waals surface area contributed by atoms with E-state index in [1.807, 2.05) is 0 Å². The highest BCUT2D eigenvalue weighted by molar-refractivity contribution is 7.92. The van der Waals surface area contributed by atoms with Gasteiger partial charge < -0.3 is 13.9 Å². The van der Waals surface area contributed by atoms with E-state index in [9.17, 15) is 13.2 Å². The number of ether oxygens (including phenoxy) is 2. The van der Waals surface area contributed by atoms with Crippen LogP contribution in [-0.2, 0) is 10.0 Å². The van der Waals surface area contributed by atoms with Gasteiger partial charge in [0.2, 0.25) is 0 Å². The number of fused-ring (bicyclic) bond motifs is 1. The average molecular weight is 472 g/mol. The summed E-state index contributed by atoms with van der Waals surface area (Å²) < 4.78 is 44.3. The maximum absolute atomic E-state index is 12.8. The largest absolute Gasteiger partial charge is 0.497 e. The SMILES string of the molecule is COc1ccc2oc(-c3ccc(NS(=O)(=O)c4cc(Cl)ccc4OC)cc3)cc(=O)c2c1. The summed E-state index contributed by atoms with van der Waals surface area (Å²) in [4.78, 5) is 12.4. The van der Waals surface area contributed by atoms with Gasteiger partial charge in [0, 0.05) is 22.3 Å². The first-order valence-electron chi connectivity index (χ1n) is 9.39. The Kier molecular flexibility index (Phi) is 5.82. The number of hydrogen-bond donors (Lipinski definition) is 1. The van der Waals surface area contributed by atoms with Crippen molar-refractivity contribution < 1.29 is 22.3 Å². The second kappa shape index (κ2) is 8.57. The molecule has 0 saturated carbocycles. The van der Waals surface area contributed by atoms with Gasteiger partial charge in [-0.3, -0.25) is 9.52 Å². The number of nitrogens with one attached hydrogen (secondary N) is 1. The highest BCUT2D eigenvalue weighted by atomic mass is 35.5. The minimum absolute atomic E-state index is 0.0764. The van der Waals surface area contributed by atoms with Crippen LogP contribution in [0.2, 0.25) is 5.02 Å². The molecule has 32 heavy (non-hydrogen) atoms. The Morgan fingerprint density at radius 1 is 0.906 bits per heavy atom. The van der Waals surface area contributed by atoms with E-state index >= 15 is 0 Å². The second-order valence-electron chi connectivity index (χ2n) is 6.82. The molecule has 0 amide bonds. The zero-order valence-corrected chi connectivity index (χ0v) is 18.7. The smallest absolute Gasteiger partial charge is 0.265 e. The molecule has 9 heteroatoms. The molecule has 3 aromatic carbocycles. The van der Waals surface area contributed by atoms with E-state index in [1.165, 1.54) is 32.4 Å². The first-order valence-corrected chi connectivity index (χ1v) is 11.3. The van der Waals surface area contributed by atoms with Crippen molar-refractivity contribution in [1.82, 2.24) is 0 Å². The minimum atomic E-state index is -3.94. The Bertz CT molecular complexity index is 1460. The van der Waals surface area contributed by atoms with Crippen molar-refractivity contribution in [3.05, 3.63) is 82.0 Å². The third-order valence-electron chi connectivity index (χ3n) is 4.77. The van der Waals surface area contributed by atoms with Crippen molar-refractivity contribution in [2.24, 2.45) is 0 Å². The zero-order valence-electron chi connectivity index (χ0n) is 17.1. The van der Waals surface area contributed by atoms with E-state index < -0.39 is 10.0 Å². The Hall–Kier alpha value is -3.49. The van der Waals surface area contributed by atoms with Crippen LogP contribution < -0.4 is 19.6 Å². The highest BCUT2D eigenvalue weighted by Gasteiger charge is 2.20. The molecular weight excluding hydrogens is 454 g/mol. The van der Waals surface area contributed by atoms with E-state index in [0.717, 1.165) is 0 Å². The summed E-state index contributed by atoms with van der Waals surface area (Å²) in [5.41, 5.74) is 1.15. The lowest BCUT2D eigenvalue weighted by atomic mass is 10.1. The van der Waals surface area contributed by atoms with Gasteiger partial charge in [0.15, 0.2) is 5.43 Å². The first kappa shape index (κ1) is 21.7.